The quantitative estimate of drug-likeness (QED) is 0.355. The summed E-state index contributed by atoms with van der Waals surface area (Å²) in [7, 11) is -1.86. The van der Waals surface area contributed by atoms with Gasteiger partial charge >= 0.3 is 6.09 Å². The van der Waals surface area contributed by atoms with Crippen LogP contribution in [0.25, 0.3) is 0 Å². The van der Waals surface area contributed by atoms with E-state index in [-0.39, 0.29) is 37.3 Å². The van der Waals surface area contributed by atoms with Crippen LogP contribution >= 0.6 is 0 Å². The van der Waals surface area contributed by atoms with Crippen LogP contribution in [0.4, 0.5) is 4.79 Å². The van der Waals surface area contributed by atoms with Gasteiger partial charge in [-0.15, -0.1) is 6.58 Å². The van der Waals surface area contributed by atoms with Gasteiger partial charge in [0.25, 0.3) is 5.91 Å². The molecule has 1 saturated heterocycles. The summed E-state index contributed by atoms with van der Waals surface area (Å²) in [5.74, 6) is -1.51. The molecule has 3 aliphatic heterocycles. The topological polar surface area (TPSA) is 145 Å². The first kappa shape index (κ1) is 39.2. The standard InChI is InChI=1S/C40H59N5O7S/c1-5-22-40(3,38(48)42-53(50,51)32-20-21-32)41-36(46)34-23-31-25-45(34)37(47)35(29-16-11-8-12-17-29)43(4)27(2)14-9-6-7-10-15-28-18-13-19-30-24-44(26-33(28)30)39(49)52-31/h5,13,18-19,27,29,31-32,34-35H,1,6-12,14-17,20-26H2,2-4H3,(H,41,46)(H,42,48)/t27?,31-,34+,35+,40-/m1/s1. The Hall–Kier alpha value is -3.45. The zero-order valence-electron chi connectivity index (χ0n) is 31.8. The molecule has 4 amide bonds. The minimum atomic E-state index is -3.88. The number of hydrogen-bond acceptors (Lipinski definition) is 8. The second kappa shape index (κ2) is 16.5. The highest BCUT2D eigenvalue weighted by molar-refractivity contribution is 7.91. The van der Waals surface area contributed by atoms with E-state index in [1.807, 2.05) is 7.05 Å². The molecule has 2 N–H and O–H groups in total. The van der Waals surface area contributed by atoms with Gasteiger partial charge < -0.3 is 15.0 Å². The summed E-state index contributed by atoms with van der Waals surface area (Å²) in [4.78, 5) is 62.1. The van der Waals surface area contributed by atoms with Crippen molar-refractivity contribution in [3.05, 3.63) is 47.5 Å². The number of aryl methyl sites for hydroxylation is 1. The van der Waals surface area contributed by atoms with Crippen LogP contribution in [0.5, 0.6) is 0 Å². The minimum Gasteiger partial charge on any atom is -0.444 e. The number of fused-ring (bicyclic) bond motifs is 3. The van der Waals surface area contributed by atoms with Gasteiger partial charge in [0, 0.05) is 25.6 Å². The first-order chi connectivity index (χ1) is 25.3. The maximum absolute atomic E-state index is 15.0. The number of hydrogen-bond donors (Lipinski definition) is 2. The van der Waals surface area contributed by atoms with Crippen molar-refractivity contribution in [2.75, 3.05) is 13.6 Å². The van der Waals surface area contributed by atoms with Crippen molar-refractivity contribution in [1.82, 2.24) is 24.7 Å². The molecule has 5 atom stereocenters. The lowest BCUT2D eigenvalue weighted by molar-refractivity contribution is -0.146. The van der Waals surface area contributed by atoms with Gasteiger partial charge in [-0.2, -0.15) is 0 Å². The van der Waals surface area contributed by atoms with Crippen LogP contribution < -0.4 is 10.0 Å². The smallest absolute Gasteiger partial charge is 0.410 e. The van der Waals surface area contributed by atoms with E-state index in [4.69, 9.17) is 4.74 Å². The summed E-state index contributed by atoms with van der Waals surface area (Å²) in [5.41, 5.74) is 1.91. The maximum Gasteiger partial charge on any atom is 0.410 e. The molecule has 0 aromatic heterocycles. The molecular formula is C40H59N5O7S. The lowest BCUT2D eigenvalue weighted by atomic mass is 9.82. The minimum absolute atomic E-state index is 0.0354. The summed E-state index contributed by atoms with van der Waals surface area (Å²) < 4.78 is 33.8. The molecule has 13 heteroatoms. The van der Waals surface area contributed by atoms with E-state index in [2.05, 4.69) is 46.6 Å². The molecule has 1 aromatic carbocycles. The van der Waals surface area contributed by atoms with Crippen molar-refractivity contribution in [2.45, 2.75) is 158 Å². The molecule has 292 valence electrons. The Morgan fingerprint density at radius 2 is 1.66 bits per heavy atom. The number of nitrogens with zero attached hydrogens (tertiary/aromatic N) is 3. The Morgan fingerprint density at radius 3 is 2.38 bits per heavy atom. The van der Waals surface area contributed by atoms with Gasteiger partial charge in [0.2, 0.25) is 21.8 Å². The molecule has 1 unspecified atom stereocenters. The first-order valence-corrected chi connectivity index (χ1v) is 21.4. The monoisotopic (exact) mass is 753 g/mol. The molecule has 12 nitrogen and oxygen atoms in total. The second-order valence-electron chi connectivity index (χ2n) is 16.5. The molecule has 0 radical (unpaired) electrons. The van der Waals surface area contributed by atoms with Gasteiger partial charge in [0.05, 0.1) is 17.8 Å². The molecular weight excluding hydrogens is 695 g/mol. The van der Waals surface area contributed by atoms with E-state index in [9.17, 15) is 27.6 Å². The van der Waals surface area contributed by atoms with Crippen molar-refractivity contribution in [3.63, 3.8) is 0 Å². The predicted octanol–water partition coefficient (Wildman–Crippen LogP) is 4.94. The van der Waals surface area contributed by atoms with Crippen LogP contribution in [-0.4, -0.2) is 95.5 Å². The largest absolute Gasteiger partial charge is 0.444 e. The highest BCUT2D eigenvalue weighted by atomic mass is 32.2. The normalized spacial score (nSPS) is 27.9. The van der Waals surface area contributed by atoms with E-state index in [0.717, 1.165) is 76.2 Å². The Morgan fingerprint density at radius 1 is 0.981 bits per heavy atom. The van der Waals surface area contributed by atoms with E-state index in [1.165, 1.54) is 24.1 Å². The molecule has 1 aromatic rings. The highest BCUT2D eigenvalue weighted by Crippen LogP contribution is 2.35. The second-order valence-corrected chi connectivity index (χ2v) is 18.4. The number of rotatable bonds is 8. The average Bonchev–Trinajstić information content (AvgIpc) is 3.77. The van der Waals surface area contributed by atoms with E-state index in [0.29, 0.717) is 25.9 Å². The summed E-state index contributed by atoms with van der Waals surface area (Å²) in [6, 6.07) is 4.90. The van der Waals surface area contributed by atoms with Gasteiger partial charge in [-0.25, -0.2) is 13.2 Å². The molecule has 5 aliphatic rings. The fourth-order valence-corrected chi connectivity index (χ4v) is 10.3. The van der Waals surface area contributed by atoms with Crippen molar-refractivity contribution in [3.8, 4) is 0 Å². The predicted molar refractivity (Wildman–Crippen MR) is 202 cm³/mol. The highest BCUT2D eigenvalue weighted by Gasteiger charge is 2.49. The number of likely N-dealkylation sites (N-methyl/N-ethyl adjacent to an activating group) is 1. The number of sulfonamides is 1. The number of carbonyl (C=O) groups excluding carboxylic acids is 4. The van der Waals surface area contributed by atoms with Crippen molar-refractivity contribution in [2.24, 2.45) is 5.92 Å². The molecule has 2 saturated carbocycles. The van der Waals surface area contributed by atoms with E-state index in [1.54, 1.807) is 9.80 Å². The molecule has 4 bridgehead atoms. The van der Waals surface area contributed by atoms with Crippen molar-refractivity contribution in [1.29, 1.82) is 0 Å². The number of benzene rings is 1. The van der Waals surface area contributed by atoms with Gasteiger partial charge in [-0.05, 0) is 94.9 Å². The number of amides is 4. The van der Waals surface area contributed by atoms with Crippen LogP contribution in [0.15, 0.2) is 30.9 Å². The molecule has 0 spiro atoms. The van der Waals surface area contributed by atoms with Crippen molar-refractivity contribution >= 4 is 33.8 Å². The zero-order valence-corrected chi connectivity index (χ0v) is 32.6. The third-order valence-corrected chi connectivity index (χ3v) is 14.2. The first-order valence-electron chi connectivity index (χ1n) is 19.9. The Bertz CT molecular complexity index is 1660. The maximum atomic E-state index is 15.0. The molecule has 3 heterocycles. The van der Waals surface area contributed by atoms with E-state index >= 15 is 0 Å². The molecule has 3 fully saturated rings. The third-order valence-electron chi connectivity index (χ3n) is 12.4. The van der Waals surface area contributed by atoms with Gasteiger partial charge in [0.1, 0.15) is 17.7 Å². The summed E-state index contributed by atoms with van der Waals surface area (Å²) in [6.45, 7) is 8.33. The Kier molecular flexibility index (Phi) is 12.2. The number of carbonyl (C=O) groups is 4. The van der Waals surface area contributed by atoms with Gasteiger partial charge in [-0.3, -0.25) is 28.9 Å². The summed E-state index contributed by atoms with van der Waals surface area (Å²) in [5, 5.41) is 2.19. The van der Waals surface area contributed by atoms with E-state index < -0.39 is 56.9 Å². The Balaban J connectivity index is 1.30. The van der Waals surface area contributed by atoms with Crippen LogP contribution in [0.2, 0.25) is 0 Å². The van der Waals surface area contributed by atoms with Crippen LogP contribution in [-0.2, 0) is 48.7 Å². The van der Waals surface area contributed by atoms with Crippen LogP contribution in [0.1, 0.15) is 120 Å². The average molecular weight is 754 g/mol. The zero-order chi connectivity index (χ0) is 37.9. The van der Waals surface area contributed by atoms with Crippen molar-refractivity contribution < 1.29 is 32.3 Å². The van der Waals surface area contributed by atoms with Gasteiger partial charge in [-0.1, -0.05) is 62.8 Å². The fourth-order valence-electron chi connectivity index (χ4n) is 8.91. The summed E-state index contributed by atoms with van der Waals surface area (Å²) in [6.07, 6.45) is 12.5. The number of nitrogens with one attached hydrogen (secondary N) is 2. The summed E-state index contributed by atoms with van der Waals surface area (Å²) >= 11 is 0. The molecule has 53 heavy (non-hydrogen) atoms. The third kappa shape index (κ3) is 8.93. The SMILES string of the molecule is C=CC[C@@](C)(NC(=O)[C@@H]1C[C@@H]2CN1C(=O)[C@H](C1CCCCC1)N(C)C(C)CCCCCCc1cccc3c1CN(C3)C(=O)O2)C(=O)NS(=O)(=O)C1CC1. The molecule has 6 rings (SSSR count). The molecule has 2 aliphatic carbocycles. The van der Waals surface area contributed by atoms with Gasteiger partial charge in [0.15, 0.2) is 0 Å². The number of ether oxygens (including phenoxy) is 1. The van der Waals surface area contributed by atoms with Crippen LogP contribution in [0, 0.1) is 5.92 Å². The lowest BCUT2D eigenvalue weighted by Crippen LogP contribution is -2.62. The fraction of sp³-hybridized carbons (Fsp3) is 0.700. The lowest BCUT2D eigenvalue weighted by Gasteiger charge is -2.41. The van der Waals surface area contributed by atoms with Crippen LogP contribution in [0.3, 0.4) is 0 Å². The Labute approximate surface area is 315 Å².